The summed E-state index contributed by atoms with van der Waals surface area (Å²) in [6.45, 7) is 0.196. The van der Waals surface area contributed by atoms with Crippen molar-refractivity contribution in [2.75, 3.05) is 0 Å². The minimum absolute atomic E-state index is 0.168. The molecule has 0 aliphatic rings. The van der Waals surface area contributed by atoms with E-state index in [-0.39, 0.29) is 23.9 Å². The van der Waals surface area contributed by atoms with E-state index in [1.54, 1.807) is 18.2 Å². The maximum absolute atomic E-state index is 13.9. The number of amides is 1. The van der Waals surface area contributed by atoms with Gasteiger partial charge in [0.25, 0.3) is 0 Å². The molecule has 0 aliphatic heterocycles. The van der Waals surface area contributed by atoms with Crippen molar-refractivity contribution in [2.45, 2.75) is 19.4 Å². The molecule has 0 saturated heterocycles. The highest BCUT2D eigenvalue weighted by atomic mass is 35.5. The summed E-state index contributed by atoms with van der Waals surface area (Å²) in [6.07, 6.45) is 1.92. The molecular weight excluding hydrogens is 362 g/mol. The van der Waals surface area contributed by atoms with E-state index in [4.69, 9.17) is 16.1 Å². The topological polar surface area (TPSA) is 55.1 Å². The van der Waals surface area contributed by atoms with Gasteiger partial charge < -0.3 is 9.84 Å². The Balaban J connectivity index is 1.59. The summed E-state index contributed by atoms with van der Waals surface area (Å²) in [7, 11) is 0. The number of nitrogens with one attached hydrogen (secondary N) is 1. The second-order valence-corrected chi connectivity index (χ2v) is 6.09. The molecule has 0 atom stereocenters. The van der Waals surface area contributed by atoms with Gasteiger partial charge in [-0.25, -0.2) is 8.78 Å². The normalized spacial score (nSPS) is 10.7. The van der Waals surface area contributed by atoms with Crippen LogP contribution in [0, 0.1) is 11.6 Å². The molecule has 1 amide bonds. The average molecular weight is 377 g/mol. The molecule has 2 aromatic carbocycles. The third-order valence-corrected chi connectivity index (χ3v) is 4.24. The zero-order valence-corrected chi connectivity index (χ0v) is 14.4. The van der Waals surface area contributed by atoms with E-state index in [1.807, 2.05) is 0 Å². The minimum Gasteiger partial charge on any atom is -0.364 e. The van der Waals surface area contributed by atoms with Crippen molar-refractivity contribution < 1.29 is 18.1 Å². The molecule has 1 heterocycles. The van der Waals surface area contributed by atoms with Gasteiger partial charge in [0.05, 0.1) is 0 Å². The van der Waals surface area contributed by atoms with E-state index in [0.29, 0.717) is 28.8 Å². The minimum atomic E-state index is -0.432. The zero-order valence-electron chi connectivity index (χ0n) is 13.6. The Morgan fingerprint density at radius 1 is 1.15 bits per heavy atom. The Morgan fingerprint density at radius 2 is 1.96 bits per heavy atom. The predicted molar refractivity (Wildman–Crippen MR) is 93.5 cm³/mol. The SMILES string of the molecule is O=C(CCc1conc1-c1ccccc1F)NCc1ccc(F)cc1Cl. The van der Waals surface area contributed by atoms with Crippen LogP contribution < -0.4 is 5.32 Å². The molecule has 0 fully saturated rings. The summed E-state index contributed by atoms with van der Waals surface area (Å²) in [4.78, 5) is 12.1. The number of nitrogens with zero attached hydrogens (tertiary/aromatic N) is 1. The van der Waals surface area contributed by atoms with Gasteiger partial charge in [-0.1, -0.05) is 35.0 Å². The van der Waals surface area contributed by atoms with Gasteiger partial charge in [-0.3, -0.25) is 4.79 Å². The smallest absolute Gasteiger partial charge is 0.220 e. The highest BCUT2D eigenvalue weighted by molar-refractivity contribution is 6.31. The number of aryl methyl sites for hydroxylation is 1. The standard InChI is InChI=1S/C19H15ClF2N2O2/c20-16-9-14(21)7-5-12(16)10-23-18(25)8-6-13-11-26-24-19(13)15-3-1-2-4-17(15)22/h1-5,7,9,11H,6,8,10H2,(H,23,25). The Bertz CT molecular complexity index is 927. The molecule has 0 bridgehead atoms. The molecule has 7 heteroatoms. The van der Waals surface area contributed by atoms with Gasteiger partial charge >= 0.3 is 0 Å². The lowest BCUT2D eigenvalue weighted by atomic mass is 10.0. The van der Waals surface area contributed by atoms with Crippen molar-refractivity contribution >= 4 is 17.5 Å². The van der Waals surface area contributed by atoms with Crippen LogP contribution >= 0.6 is 11.6 Å². The second-order valence-electron chi connectivity index (χ2n) is 5.68. The first-order valence-electron chi connectivity index (χ1n) is 7.93. The van der Waals surface area contributed by atoms with Crippen molar-refractivity contribution in [3.8, 4) is 11.3 Å². The number of carbonyl (C=O) groups excluding carboxylic acids is 1. The predicted octanol–water partition coefficient (Wildman–Crippen LogP) is 4.52. The zero-order chi connectivity index (χ0) is 18.5. The van der Waals surface area contributed by atoms with Gasteiger partial charge in [0.1, 0.15) is 23.6 Å². The fraction of sp³-hybridized carbons (Fsp3) is 0.158. The fourth-order valence-corrected chi connectivity index (χ4v) is 2.74. The number of rotatable bonds is 6. The van der Waals surface area contributed by atoms with Crippen molar-refractivity contribution in [2.24, 2.45) is 0 Å². The maximum atomic E-state index is 13.9. The van der Waals surface area contributed by atoms with E-state index in [1.165, 1.54) is 30.5 Å². The number of benzene rings is 2. The van der Waals surface area contributed by atoms with Crippen molar-refractivity contribution in [1.29, 1.82) is 0 Å². The quantitative estimate of drug-likeness (QED) is 0.688. The van der Waals surface area contributed by atoms with Crippen LogP contribution in [0.4, 0.5) is 8.78 Å². The first-order valence-corrected chi connectivity index (χ1v) is 8.31. The van der Waals surface area contributed by atoms with Gasteiger partial charge in [-0.2, -0.15) is 0 Å². The number of hydrogen-bond acceptors (Lipinski definition) is 3. The number of hydrogen-bond donors (Lipinski definition) is 1. The maximum Gasteiger partial charge on any atom is 0.220 e. The molecular formula is C19H15ClF2N2O2. The fourth-order valence-electron chi connectivity index (χ4n) is 2.51. The largest absolute Gasteiger partial charge is 0.364 e. The highest BCUT2D eigenvalue weighted by Crippen LogP contribution is 2.25. The van der Waals surface area contributed by atoms with Gasteiger partial charge in [0.15, 0.2) is 0 Å². The Labute approximate surface area is 153 Å². The average Bonchev–Trinajstić information content (AvgIpc) is 3.08. The van der Waals surface area contributed by atoms with Crippen LogP contribution in [-0.4, -0.2) is 11.1 Å². The lowest BCUT2D eigenvalue weighted by molar-refractivity contribution is -0.121. The second kappa shape index (κ2) is 8.10. The van der Waals surface area contributed by atoms with Crippen molar-refractivity contribution in [1.82, 2.24) is 10.5 Å². The van der Waals surface area contributed by atoms with Gasteiger partial charge in [0.2, 0.25) is 5.91 Å². The molecule has 3 rings (SSSR count). The third kappa shape index (κ3) is 4.26. The number of aromatic nitrogens is 1. The van der Waals surface area contributed by atoms with Crippen LogP contribution in [0.5, 0.6) is 0 Å². The van der Waals surface area contributed by atoms with Crippen LogP contribution in [0.25, 0.3) is 11.3 Å². The first kappa shape index (κ1) is 18.1. The molecule has 134 valence electrons. The Hall–Kier alpha value is -2.73. The lowest BCUT2D eigenvalue weighted by Crippen LogP contribution is -2.23. The van der Waals surface area contributed by atoms with Crippen molar-refractivity contribution in [3.05, 3.63) is 76.5 Å². The molecule has 3 aromatic rings. The summed E-state index contributed by atoms with van der Waals surface area (Å²) >= 11 is 5.93. The van der Waals surface area contributed by atoms with E-state index < -0.39 is 11.6 Å². The first-order chi connectivity index (χ1) is 12.5. The molecule has 0 radical (unpaired) electrons. The monoisotopic (exact) mass is 376 g/mol. The third-order valence-electron chi connectivity index (χ3n) is 3.88. The molecule has 0 unspecified atom stereocenters. The van der Waals surface area contributed by atoms with Crippen LogP contribution in [0.1, 0.15) is 17.5 Å². The molecule has 0 aliphatic carbocycles. The lowest BCUT2D eigenvalue weighted by Gasteiger charge is -2.07. The van der Waals surface area contributed by atoms with E-state index in [0.717, 1.165) is 0 Å². The Kier molecular flexibility index (Phi) is 5.63. The van der Waals surface area contributed by atoms with E-state index in [9.17, 15) is 13.6 Å². The summed E-state index contributed by atoms with van der Waals surface area (Å²) in [5.41, 5.74) is 1.98. The van der Waals surface area contributed by atoms with Gasteiger partial charge in [-0.15, -0.1) is 0 Å². The summed E-state index contributed by atoms with van der Waals surface area (Å²) < 4.78 is 31.9. The van der Waals surface area contributed by atoms with Crippen LogP contribution in [0.3, 0.4) is 0 Å². The molecule has 1 aromatic heterocycles. The summed E-state index contributed by atoms with van der Waals surface area (Å²) in [5.74, 6) is -1.05. The van der Waals surface area contributed by atoms with Gasteiger partial charge in [-0.05, 0) is 36.2 Å². The van der Waals surface area contributed by atoms with Crippen molar-refractivity contribution in [3.63, 3.8) is 0 Å². The summed E-state index contributed by atoms with van der Waals surface area (Å²) in [5, 5.41) is 6.82. The van der Waals surface area contributed by atoms with Gasteiger partial charge in [0, 0.05) is 29.1 Å². The van der Waals surface area contributed by atoms with Crippen LogP contribution in [-0.2, 0) is 17.8 Å². The molecule has 26 heavy (non-hydrogen) atoms. The van der Waals surface area contributed by atoms with Crippen LogP contribution in [0.2, 0.25) is 5.02 Å². The number of carbonyl (C=O) groups is 1. The molecule has 4 nitrogen and oxygen atoms in total. The molecule has 1 N–H and O–H groups in total. The highest BCUT2D eigenvalue weighted by Gasteiger charge is 2.15. The number of halogens is 3. The van der Waals surface area contributed by atoms with E-state index in [2.05, 4.69) is 10.5 Å². The van der Waals surface area contributed by atoms with E-state index >= 15 is 0 Å². The summed E-state index contributed by atoms with van der Waals surface area (Å²) in [6, 6.07) is 10.2. The van der Waals surface area contributed by atoms with Crippen LogP contribution in [0.15, 0.2) is 53.3 Å². The molecule has 0 spiro atoms. The Morgan fingerprint density at radius 3 is 2.73 bits per heavy atom. The molecule has 0 saturated carbocycles.